The van der Waals surface area contributed by atoms with Crippen molar-refractivity contribution >= 4 is 51.4 Å². The van der Waals surface area contributed by atoms with E-state index >= 15 is 0 Å². The summed E-state index contributed by atoms with van der Waals surface area (Å²) in [5.41, 5.74) is 7.23. The maximum atomic E-state index is 14.8. The van der Waals surface area contributed by atoms with E-state index in [9.17, 15) is 4.79 Å². The summed E-state index contributed by atoms with van der Waals surface area (Å²) in [5, 5.41) is 5.44. The standard InChI is InChI=1S/C43H44Cl2N6O2/c1-28(29-13-15-31(44)16-14-29)51-27-46-40(30-9-5-3-6-10-30)42(51)39-35-19-17-32(45)25-37(35)47-41(39)43(52)48-36-20-18-34(53-2)26-38(36)50-23-21-49(22-24-50)33-11-7-4-8-12-33/h3,5-6,9-10,13-20,25-28,33,47H,4,7-8,11-12,21-24H2,1-2H3,(H,48,52). The smallest absolute Gasteiger partial charge is 0.272 e. The van der Waals surface area contributed by atoms with Gasteiger partial charge in [-0.05, 0) is 61.7 Å². The molecular formula is C43H44Cl2N6O2. The van der Waals surface area contributed by atoms with Crippen LogP contribution in [0, 0.1) is 0 Å². The van der Waals surface area contributed by atoms with Crippen molar-refractivity contribution in [1.29, 1.82) is 0 Å². The molecular weight excluding hydrogens is 703 g/mol. The fraction of sp³-hybridized carbons (Fsp3) is 0.302. The van der Waals surface area contributed by atoms with E-state index in [1.807, 2.05) is 97.3 Å². The van der Waals surface area contributed by atoms with Crippen LogP contribution in [0.2, 0.25) is 10.0 Å². The minimum atomic E-state index is -0.259. The van der Waals surface area contributed by atoms with Gasteiger partial charge in [-0.25, -0.2) is 4.98 Å². The molecule has 0 bridgehead atoms. The van der Waals surface area contributed by atoms with Gasteiger partial charge in [0.05, 0.1) is 42.2 Å². The maximum absolute atomic E-state index is 14.8. The van der Waals surface area contributed by atoms with Crippen LogP contribution in [0.5, 0.6) is 5.75 Å². The SMILES string of the molecule is COc1ccc(NC(=O)c2[nH]c3cc(Cl)ccc3c2-c2c(-c3ccccc3)ncn2C(C)c2ccc(Cl)cc2)c(N2CCN(C3CCCCC3)CC2)c1. The first-order valence-corrected chi connectivity index (χ1v) is 19.3. The summed E-state index contributed by atoms with van der Waals surface area (Å²) in [5.74, 6) is 0.492. The van der Waals surface area contributed by atoms with Crippen molar-refractivity contribution in [2.45, 2.75) is 51.1 Å². The van der Waals surface area contributed by atoms with Crippen molar-refractivity contribution in [3.8, 4) is 28.3 Å². The van der Waals surface area contributed by atoms with Gasteiger partial charge >= 0.3 is 0 Å². The van der Waals surface area contributed by atoms with Gasteiger partial charge in [-0.3, -0.25) is 9.69 Å². The monoisotopic (exact) mass is 746 g/mol. The Bertz CT molecular complexity index is 2220. The van der Waals surface area contributed by atoms with Crippen molar-refractivity contribution in [3.05, 3.63) is 119 Å². The average molecular weight is 748 g/mol. The van der Waals surface area contributed by atoms with Crippen LogP contribution in [0.3, 0.4) is 0 Å². The highest BCUT2D eigenvalue weighted by Crippen LogP contribution is 2.42. The number of hydrogen-bond donors (Lipinski definition) is 2. The van der Waals surface area contributed by atoms with Crippen molar-refractivity contribution < 1.29 is 9.53 Å². The third-order valence-electron chi connectivity index (χ3n) is 11.0. The second kappa shape index (κ2) is 15.3. The molecule has 1 aliphatic heterocycles. The first-order valence-electron chi connectivity index (χ1n) is 18.6. The molecule has 8 nitrogen and oxygen atoms in total. The highest BCUT2D eigenvalue weighted by molar-refractivity contribution is 6.31. The summed E-state index contributed by atoms with van der Waals surface area (Å²) in [7, 11) is 1.68. The summed E-state index contributed by atoms with van der Waals surface area (Å²) >= 11 is 12.8. The Labute approximate surface area is 320 Å². The lowest BCUT2D eigenvalue weighted by atomic mass is 9.94. The van der Waals surface area contributed by atoms with Gasteiger partial charge < -0.3 is 24.5 Å². The maximum Gasteiger partial charge on any atom is 0.272 e. The van der Waals surface area contributed by atoms with E-state index < -0.39 is 0 Å². The number of H-pyrrole nitrogens is 1. The number of ether oxygens (including phenoxy) is 1. The Morgan fingerprint density at radius 2 is 1.62 bits per heavy atom. The largest absolute Gasteiger partial charge is 0.497 e. The number of methoxy groups -OCH3 is 1. The summed E-state index contributed by atoms with van der Waals surface area (Å²) in [6.07, 6.45) is 8.45. The number of carbonyl (C=O) groups excluding carboxylic acids is 1. The molecule has 0 radical (unpaired) electrons. The minimum absolute atomic E-state index is 0.124. The fourth-order valence-electron chi connectivity index (χ4n) is 8.16. The van der Waals surface area contributed by atoms with Crippen molar-refractivity contribution in [2.24, 2.45) is 0 Å². The predicted molar refractivity (Wildman–Crippen MR) is 217 cm³/mol. The fourth-order valence-corrected chi connectivity index (χ4v) is 8.46. The lowest BCUT2D eigenvalue weighted by Crippen LogP contribution is -2.51. The van der Waals surface area contributed by atoms with Crippen LogP contribution in [-0.2, 0) is 0 Å². The average Bonchev–Trinajstić information content (AvgIpc) is 3.80. The molecule has 2 N–H and O–H groups in total. The van der Waals surface area contributed by atoms with E-state index in [1.54, 1.807) is 7.11 Å². The Morgan fingerprint density at radius 1 is 0.887 bits per heavy atom. The Balaban J connectivity index is 1.20. The molecule has 0 spiro atoms. The van der Waals surface area contributed by atoms with Crippen molar-refractivity contribution in [1.82, 2.24) is 19.4 Å². The van der Waals surface area contributed by atoms with Crippen LogP contribution in [0.4, 0.5) is 11.4 Å². The third-order valence-corrected chi connectivity index (χ3v) is 11.5. The van der Waals surface area contributed by atoms with E-state index in [-0.39, 0.29) is 11.9 Å². The molecule has 272 valence electrons. The number of piperazine rings is 1. The molecule has 4 aromatic carbocycles. The van der Waals surface area contributed by atoms with Gasteiger partial charge in [-0.2, -0.15) is 0 Å². The molecule has 3 heterocycles. The Morgan fingerprint density at radius 3 is 2.36 bits per heavy atom. The van der Waals surface area contributed by atoms with Gasteiger partial charge in [0, 0.05) is 70.4 Å². The molecule has 2 aromatic heterocycles. The van der Waals surface area contributed by atoms with E-state index in [4.69, 9.17) is 32.9 Å². The van der Waals surface area contributed by atoms with Crippen LogP contribution < -0.4 is 15.0 Å². The van der Waals surface area contributed by atoms with Gasteiger partial charge in [0.1, 0.15) is 11.4 Å². The first kappa shape index (κ1) is 35.3. The van der Waals surface area contributed by atoms with Crippen molar-refractivity contribution in [3.63, 3.8) is 0 Å². The molecule has 8 rings (SSSR count). The molecule has 10 heteroatoms. The number of imidazole rings is 1. The van der Waals surface area contributed by atoms with E-state index in [0.717, 1.165) is 82.3 Å². The van der Waals surface area contributed by atoms with E-state index in [1.165, 1.54) is 32.1 Å². The molecule has 2 aliphatic rings. The number of benzene rings is 4. The lowest BCUT2D eigenvalue weighted by molar-refractivity contribution is 0.102. The van der Waals surface area contributed by atoms with E-state index in [2.05, 4.69) is 31.6 Å². The molecule has 1 saturated heterocycles. The molecule has 1 amide bonds. The number of hydrogen-bond acceptors (Lipinski definition) is 5. The lowest BCUT2D eigenvalue weighted by Gasteiger charge is -2.42. The number of halogens is 2. The quantitative estimate of drug-likeness (QED) is 0.154. The first-order chi connectivity index (χ1) is 25.9. The van der Waals surface area contributed by atoms with E-state index in [0.29, 0.717) is 21.8 Å². The van der Waals surface area contributed by atoms with Gasteiger partial charge in [-0.1, -0.05) is 91.0 Å². The molecule has 53 heavy (non-hydrogen) atoms. The zero-order valence-corrected chi connectivity index (χ0v) is 31.6. The zero-order valence-electron chi connectivity index (χ0n) is 30.1. The number of nitrogens with zero attached hydrogens (tertiary/aromatic N) is 4. The molecule has 1 aliphatic carbocycles. The van der Waals surface area contributed by atoms with Gasteiger partial charge in [-0.15, -0.1) is 0 Å². The summed E-state index contributed by atoms with van der Waals surface area (Å²) in [6, 6.07) is 30.1. The minimum Gasteiger partial charge on any atom is -0.497 e. The summed E-state index contributed by atoms with van der Waals surface area (Å²) < 4.78 is 7.82. The van der Waals surface area contributed by atoms with Crippen LogP contribution in [0.25, 0.3) is 33.4 Å². The van der Waals surface area contributed by atoms with Gasteiger partial charge in [0.2, 0.25) is 0 Å². The Kier molecular flexibility index (Phi) is 10.2. The second-order valence-corrected chi connectivity index (χ2v) is 15.0. The number of nitrogens with one attached hydrogen (secondary N) is 2. The summed E-state index contributed by atoms with van der Waals surface area (Å²) in [6.45, 7) is 5.89. The molecule has 1 saturated carbocycles. The number of anilines is 2. The number of aromatic amines is 1. The van der Waals surface area contributed by atoms with Crippen LogP contribution in [0.1, 0.15) is 61.1 Å². The Hall–Kier alpha value is -4.76. The normalized spacial score (nSPS) is 16.2. The van der Waals surface area contributed by atoms with Crippen LogP contribution >= 0.6 is 23.2 Å². The van der Waals surface area contributed by atoms with Crippen LogP contribution in [-0.4, -0.2) is 64.7 Å². The summed E-state index contributed by atoms with van der Waals surface area (Å²) in [4.78, 5) is 28.3. The number of fused-ring (bicyclic) bond motifs is 1. The zero-order chi connectivity index (χ0) is 36.5. The molecule has 2 fully saturated rings. The molecule has 1 atom stereocenters. The molecule has 1 unspecified atom stereocenters. The highest BCUT2D eigenvalue weighted by atomic mass is 35.5. The number of carbonyl (C=O) groups is 1. The second-order valence-electron chi connectivity index (χ2n) is 14.2. The van der Waals surface area contributed by atoms with Gasteiger partial charge in [0.15, 0.2) is 0 Å². The highest BCUT2D eigenvalue weighted by Gasteiger charge is 2.30. The van der Waals surface area contributed by atoms with Gasteiger partial charge in [0.25, 0.3) is 5.91 Å². The van der Waals surface area contributed by atoms with Crippen molar-refractivity contribution in [2.75, 3.05) is 43.5 Å². The van der Waals surface area contributed by atoms with Crippen LogP contribution in [0.15, 0.2) is 97.3 Å². The number of amides is 1. The number of aromatic nitrogens is 3. The third kappa shape index (κ3) is 7.16. The topological polar surface area (TPSA) is 78.4 Å². The number of rotatable bonds is 9. The molecule has 6 aromatic rings. The predicted octanol–water partition coefficient (Wildman–Crippen LogP) is 10.3.